The van der Waals surface area contributed by atoms with Crippen molar-refractivity contribution in [1.82, 2.24) is 9.80 Å². The van der Waals surface area contributed by atoms with Crippen LogP contribution in [0.25, 0.3) is 0 Å². The van der Waals surface area contributed by atoms with Crippen LogP contribution in [0.4, 0.5) is 36.8 Å². The Bertz CT molecular complexity index is 985. The number of benzene rings is 1. The summed E-state index contributed by atoms with van der Waals surface area (Å²) in [5.41, 5.74) is 3.08. The van der Waals surface area contributed by atoms with Gasteiger partial charge in [0, 0.05) is 50.5 Å². The zero-order valence-electron chi connectivity index (χ0n) is 21.9. The molecule has 3 saturated heterocycles. The van der Waals surface area contributed by atoms with E-state index in [0.717, 1.165) is 47.8 Å². The summed E-state index contributed by atoms with van der Waals surface area (Å²) in [5.74, 6) is 0. The van der Waals surface area contributed by atoms with E-state index < -0.39 is 24.5 Å². The van der Waals surface area contributed by atoms with Gasteiger partial charge in [-0.05, 0) is 54.9 Å². The van der Waals surface area contributed by atoms with Crippen LogP contribution in [0.2, 0.25) is 0 Å². The molecule has 4 rings (SSSR count). The molecule has 1 amide bonds. The van der Waals surface area contributed by atoms with Gasteiger partial charge in [0.25, 0.3) is 6.10 Å². The molecule has 214 valence electrons. The number of anilines is 1. The second-order valence-electron chi connectivity index (χ2n) is 11.5. The number of ether oxygens (including phenoxy) is 2. The average Bonchev–Trinajstić information content (AvgIpc) is 3.05. The molecular weight excluding hydrogens is 516 g/mol. The number of amides is 1. The summed E-state index contributed by atoms with van der Waals surface area (Å²) in [6.07, 6.45) is -15.5. The van der Waals surface area contributed by atoms with Gasteiger partial charge in [0.15, 0.2) is 0 Å². The Hall–Kier alpha value is -2.21. The Kier molecular flexibility index (Phi) is 7.88. The first kappa shape index (κ1) is 28.8. The lowest BCUT2D eigenvalue weighted by molar-refractivity contribution is -0.308. The van der Waals surface area contributed by atoms with E-state index in [1.807, 2.05) is 0 Å². The van der Waals surface area contributed by atoms with Crippen LogP contribution < -0.4 is 4.90 Å². The van der Waals surface area contributed by atoms with Crippen LogP contribution in [0.1, 0.15) is 44.2 Å². The molecule has 1 spiro atoms. The maximum atomic E-state index is 12.9. The zero-order chi connectivity index (χ0) is 27.9. The number of aryl methyl sites for hydroxylation is 1. The molecule has 1 aromatic rings. The number of alkyl halides is 6. The summed E-state index contributed by atoms with van der Waals surface area (Å²) in [4.78, 5) is 17.9. The van der Waals surface area contributed by atoms with Crippen molar-refractivity contribution in [3.05, 3.63) is 29.3 Å². The van der Waals surface area contributed by atoms with E-state index in [9.17, 15) is 31.1 Å². The molecular formula is C26H35F6N3O3. The summed E-state index contributed by atoms with van der Waals surface area (Å²) in [5, 5.41) is 0. The maximum Gasteiger partial charge on any atom is 0.434 e. The monoisotopic (exact) mass is 551 g/mol. The van der Waals surface area contributed by atoms with Gasteiger partial charge in [-0.25, -0.2) is 4.79 Å². The van der Waals surface area contributed by atoms with Crippen LogP contribution in [0.3, 0.4) is 0 Å². The summed E-state index contributed by atoms with van der Waals surface area (Å²) < 4.78 is 86.6. The lowest BCUT2D eigenvalue weighted by atomic mass is 9.78. The van der Waals surface area contributed by atoms with Crippen molar-refractivity contribution < 1.29 is 40.6 Å². The normalized spacial score (nSPS) is 22.4. The standard InChI is InChI=1S/C26H35F6N3O3/c1-18-12-19(14-20(13-18)33-8-10-37-11-9-33)15-35-17-23(2,3)16-24(35)4-6-34(7-5-24)22(36)38-21(25(27,28)29)26(30,31)32/h12-14,21H,4-11,15-17H2,1-3H3. The molecule has 0 saturated carbocycles. The minimum absolute atomic E-state index is 0.0285. The van der Waals surface area contributed by atoms with E-state index in [1.54, 1.807) is 0 Å². The number of carbonyl (C=O) groups excluding carboxylic acids is 1. The summed E-state index contributed by atoms with van der Waals surface area (Å²) in [7, 11) is 0. The molecule has 3 heterocycles. The van der Waals surface area contributed by atoms with Gasteiger partial charge in [-0.2, -0.15) is 26.3 Å². The van der Waals surface area contributed by atoms with Crippen LogP contribution >= 0.6 is 0 Å². The lowest BCUT2D eigenvalue weighted by Gasteiger charge is -2.45. The van der Waals surface area contributed by atoms with E-state index >= 15 is 0 Å². The smallest absolute Gasteiger partial charge is 0.426 e. The first-order valence-corrected chi connectivity index (χ1v) is 12.9. The third kappa shape index (κ3) is 6.50. The molecule has 3 aliphatic heterocycles. The van der Waals surface area contributed by atoms with Crippen molar-refractivity contribution in [2.45, 2.75) is 70.6 Å². The van der Waals surface area contributed by atoms with Gasteiger partial charge in [0.05, 0.1) is 13.2 Å². The second-order valence-corrected chi connectivity index (χ2v) is 11.5. The van der Waals surface area contributed by atoms with E-state index in [4.69, 9.17) is 4.74 Å². The number of rotatable bonds is 4. The molecule has 0 aromatic heterocycles. The van der Waals surface area contributed by atoms with E-state index in [1.165, 1.54) is 0 Å². The zero-order valence-corrected chi connectivity index (χ0v) is 21.9. The highest BCUT2D eigenvalue weighted by Crippen LogP contribution is 2.48. The molecule has 12 heteroatoms. The van der Waals surface area contributed by atoms with Crippen molar-refractivity contribution in [3.8, 4) is 0 Å². The van der Waals surface area contributed by atoms with E-state index in [-0.39, 0.29) is 24.0 Å². The molecule has 0 bridgehead atoms. The van der Waals surface area contributed by atoms with Gasteiger partial charge in [0.2, 0.25) is 0 Å². The maximum absolute atomic E-state index is 12.9. The van der Waals surface area contributed by atoms with Crippen molar-refractivity contribution in [1.29, 1.82) is 0 Å². The quantitative estimate of drug-likeness (QED) is 0.461. The van der Waals surface area contributed by atoms with Gasteiger partial charge >= 0.3 is 18.4 Å². The third-order valence-electron chi connectivity index (χ3n) is 7.73. The van der Waals surface area contributed by atoms with Crippen LogP contribution in [-0.2, 0) is 16.0 Å². The topological polar surface area (TPSA) is 45.2 Å². The number of hydrogen-bond donors (Lipinski definition) is 0. The summed E-state index contributed by atoms with van der Waals surface area (Å²) in [6.45, 7) is 10.9. The summed E-state index contributed by atoms with van der Waals surface area (Å²) in [6, 6.07) is 6.47. The van der Waals surface area contributed by atoms with Crippen LogP contribution in [0, 0.1) is 12.3 Å². The molecule has 0 N–H and O–H groups in total. The number of carbonyl (C=O) groups is 1. The molecule has 0 radical (unpaired) electrons. The molecule has 6 nitrogen and oxygen atoms in total. The van der Waals surface area contributed by atoms with Gasteiger partial charge in [-0.1, -0.05) is 19.9 Å². The average molecular weight is 552 g/mol. The van der Waals surface area contributed by atoms with Gasteiger partial charge in [0.1, 0.15) is 0 Å². The Morgan fingerprint density at radius 1 is 1.00 bits per heavy atom. The number of morpholine rings is 1. The minimum atomic E-state index is -5.73. The molecule has 0 aliphatic carbocycles. The Morgan fingerprint density at radius 2 is 1.61 bits per heavy atom. The number of nitrogens with zero attached hydrogens (tertiary/aromatic N) is 3. The lowest BCUT2D eigenvalue weighted by Crippen LogP contribution is -2.54. The van der Waals surface area contributed by atoms with Crippen molar-refractivity contribution in [2.75, 3.05) is 50.8 Å². The Morgan fingerprint density at radius 3 is 2.18 bits per heavy atom. The van der Waals surface area contributed by atoms with E-state index in [2.05, 4.69) is 53.5 Å². The van der Waals surface area contributed by atoms with E-state index in [0.29, 0.717) is 32.6 Å². The first-order valence-electron chi connectivity index (χ1n) is 12.9. The molecule has 3 fully saturated rings. The molecule has 0 atom stereocenters. The molecule has 3 aliphatic rings. The second kappa shape index (κ2) is 10.4. The van der Waals surface area contributed by atoms with Crippen molar-refractivity contribution in [2.24, 2.45) is 5.41 Å². The van der Waals surface area contributed by atoms with Gasteiger partial charge in [-0.15, -0.1) is 0 Å². The van der Waals surface area contributed by atoms with Gasteiger partial charge < -0.3 is 19.3 Å². The number of halogens is 6. The highest BCUT2D eigenvalue weighted by Gasteiger charge is 2.60. The van der Waals surface area contributed by atoms with Crippen molar-refractivity contribution in [3.63, 3.8) is 0 Å². The molecule has 38 heavy (non-hydrogen) atoms. The Labute approximate surface area is 218 Å². The van der Waals surface area contributed by atoms with Crippen LogP contribution in [-0.4, -0.2) is 85.8 Å². The number of likely N-dealkylation sites (tertiary alicyclic amines) is 2. The third-order valence-corrected chi connectivity index (χ3v) is 7.73. The number of piperidine rings is 1. The first-order chi connectivity index (χ1) is 17.6. The fraction of sp³-hybridized carbons (Fsp3) is 0.731. The van der Waals surface area contributed by atoms with Crippen LogP contribution in [0.5, 0.6) is 0 Å². The molecule has 0 unspecified atom stereocenters. The highest BCUT2D eigenvalue weighted by molar-refractivity contribution is 5.68. The van der Waals surface area contributed by atoms with Crippen molar-refractivity contribution >= 4 is 11.8 Å². The predicted octanol–water partition coefficient (Wildman–Crippen LogP) is 5.53. The minimum Gasteiger partial charge on any atom is -0.426 e. The fourth-order valence-corrected chi connectivity index (χ4v) is 6.22. The predicted molar refractivity (Wildman–Crippen MR) is 129 cm³/mol. The van der Waals surface area contributed by atoms with Crippen LogP contribution in [0.15, 0.2) is 18.2 Å². The largest absolute Gasteiger partial charge is 0.434 e. The SMILES string of the molecule is Cc1cc(CN2CC(C)(C)CC23CCN(C(=O)OC(C(F)(F)F)C(F)(F)F)CC3)cc(N2CCOCC2)c1. The Balaban J connectivity index is 1.46. The number of hydrogen-bond acceptors (Lipinski definition) is 5. The molecule has 1 aromatic carbocycles. The summed E-state index contributed by atoms with van der Waals surface area (Å²) >= 11 is 0. The highest BCUT2D eigenvalue weighted by atomic mass is 19.4. The van der Waals surface area contributed by atoms with Gasteiger partial charge in [-0.3, -0.25) is 4.90 Å². The fourth-order valence-electron chi connectivity index (χ4n) is 6.22.